The van der Waals surface area contributed by atoms with E-state index in [1.165, 1.54) is 11.0 Å². The van der Waals surface area contributed by atoms with Crippen LogP contribution in [0.1, 0.15) is 41.5 Å². The molecule has 9 heteroatoms. The van der Waals surface area contributed by atoms with Crippen molar-refractivity contribution in [1.29, 1.82) is 5.26 Å². The third-order valence-electron chi connectivity index (χ3n) is 6.09. The number of alkyl halides is 3. The minimum Gasteiger partial charge on any atom is -0.392 e. The molecule has 1 amide bonds. The normalized spacial score (nSPS) is 17.7. The average molecular weight is 472 g/mol. The van der Waals surface area contributed by atoms with E-state index in [1.807, 2.05) is 29.2 Å². The zero-order valence-corrected chi connectivity index (χ0v) is 18.3. The first kappa shape index (κ1) is 23.0. The van der Waals surface area contributed by atoms with Gasteiger partial charge in [0.2, 0.25) is 0 Å². The Hall–Kier alpha value is -3.22. The SMILES string of the molecule is N#Cc1ccc(CN2C(=O)C3(CCC3)N(c3ccc(/C=C/CO)cc3)C2=S)cc1C(F)(F)F. The van der Waals surface area contributed by atoms with E-state index in [4.69, 9.17) is 22.6 Å². The molecule has 0 unspecified atom stereocenters. The number of thiocarbonyl (C=S) groups is 1. The van der Waals surface area contributed by atoms with Crippen molar-refractivity contribution in [1.82, 2.24) is 4.90 Å². The Morgan fingerprint density at radius 3 is 2.42 bits per heavy atom. The van der Waals surface area contributed by atoms with Crippen molar-refractivity contribution in [2.45, 2.75) is 37.5 Å². The lowest BCUT2D eigenvalue weighted by Gasteiger charge is -2.43. The van der Waals surface area contributed by atoms with E-state index in [-0.39, 0.29) is 29.7 Å². The molecule has 0 radical (unpaired) electrons. The van der Waals surface area contributed by atoms with Gasteiger partial charge < -0.3 is 10.0 Å². The van der Waals surface area contributed by atoms with Crippen molar-refractivity contribution in [3.05, 3.63) is 70.8 Å². The average Bonchev–Trinajstić information content (AvgIpc) is 2.99. The molecule has 0 aromatic heterocycles. The number of hydrogen-bond donors (Lipinski definition) is 1. The molecule has 0 atom stereocenters. The van der Waals surface area contributed by atoms with Gasteiger partial charge in [-0.05, 0) is 66.9 Å². The number of aliphatic hydroxyl groups excluding tert-OH is 1. The maximum atomic E-state index is 13.4. The molecule has 0 bridgehead atoms. The van der Waals surface area contributed by atoms with Gasteiger partial charge in [0.1, 0.15) is 5.54 Å². The van der Waals surface area contributed by atoms with Crippen LogP contribution in [0.5, 0.6) is 0 Å². The number of carbonyl (C=O) groups is 1. The molecule has 2 fully saturated rings. The first-order valence-corrected chi connectivity index (χ1v) is 10.8. The Balaban J connectivity index is 1.65. The van der Waals surface area contributed by atoms with E-state index >= 15 is 0 Å². The minimum atomic E-state index is -4.68. The van der Waals surface area contributed by atoms with E-state index in [1.54, 1.807) is 18.2 Å². The molecule has 4 rings (SSSR count). The van der Waals surface area contributed by atoms with Crippen molar-refractivity contribution in [3.63, 3.8) is 0 Å². The molecule has 33 heavy (non-hydrogen) atoms. The van der Waals surface area contributed by atoms with Gasteiger partial charge in [-0.2, -0.15) is 18.4 Å². The van der Waals surface area contributed by atoms with Crippen LogP contribution in [0.2, 0.25) is 0 Å². The molecule has 2 aliphatic rings. The van der Waals surface area contributed by atoms with Crippen LogP contribution in [0.4, 0.5) is 18.9 Å². The molecule has 1 heterocycles. The number of hydrogen-bond acceptors (Lipinski definition) is 4. The predicted molar refractivity (Wildman–Crippen MR) is 121 cm³/mol. The molecular formula is C24H20F3N3O2S. The lowest BCUT2D eigenvalue weighted by atomic mass is 9.75. The van der Waals surface area contributed by atoms with Gasteiger partial charge in [-0.3, -0.25) is 9.69 Å². The number of carbonyl (C=O) groups excluding carboxylic acids is 1. The van der Waals surface area contributed by atoms with E-state index in [0.29, 0.717) is 12.8 Å². The number of amides is 1. The number of nitrogens with zero attached hydrogens (tertiary/aromatic N) is 3. The first-order valence-electron chi connectivity index (χ1n) is 10.3. The summed E-state index contributed by atoms with van der Waals surface area (Å²) >= 11 is 5.64. The number of rotatable bonds is 5. The highest BCUT2D eigenvalue weighted by atomic mass is 32.1. The van der Waals surface area contributed by atoms with E-state index in [0.717, 1.165) is 29.8 Å². The van der Waals surface area contributed by atoms with Gasteiger partial charge in [0.05, 0.1) is 30.3 Å². The summed E-state index contributed by atoms with van der Waals surface area (Å²) in [6, 6.07) is 12.4. The van der Waals surface area contributed by atoms with Crippen LogP contribution < -0.4 is 4.90 Å². The van der Waals surface area contributed by atoms with E-state index in [9.17, 15) is 18.0 Å². The van der Waals surface area contributed by atoms with Crippen molar-refractivity contribution >= 4 is 35.0 Å². The Morgan fingerprint density at radius 2 is 1.88 bits per heavy atom. The molecule has 1 saturated carbocycles. The second-order valence-corrected chi connectivity index (χ2v) is 8.43. The molecule has 1 spiro atoms. The van der Waals surface area contributed by atoms with E-state index in [2.05, 4.69) is 0 Å². The van der Waals surface area contributed by atoms with Crippen molar-refractivity contribution in [2.75, 3.05) is 11.5 Å². The molecule has 2 aromatic rings. The summed E-state index contributed by atoms with van der Waals surface area (Å²) in [4.78, 5) is 16.6. The highest BCUT2D eigenvalue weighted by Crippen LogP contribution is 2.47. The molecule has 2 aromatic carbocycles. The Morgan fingerprint density at radius 1 is 1.18 bits per heavy atom. The third-order valence-corrected chi connectivity index (χ3v) is 6.49. The fourth-order valence-corrected chi connectivity index (χ4v) is 4.74. The summed E-state index contributed by atoms with van der Waals surface area (Å²) < 4.78 is 40.1. The number of halogens is 3. The topological polar surface area (TPSA) is 67.6 Å². The summed E-state index contributed by atoms with van der Waals surface area (Å²) in [6.07, 6.45) is 0.771. The number of anilines is 1. The number of benzene rings is 2. The lowest BCUT2D eigenvalue weighted by molar-refractivity contribution is -0.137. The molecule has 1 aliphatic carbocycles. The van der Waals surface area contributed by atoms with Crippen molar-refractivity contribution in [3.8, 4) is 6.07 Å². The summed E-state index contributed by atoms with van der Waals surface area (Å²) in [5, 5.41) is 18.2. The zero-order valence-electron chi connectivity index (χ0n) is 17.5. The number of nitriles is 1. The van der Waals surface area contributed by atoms with Crippen LogP contribution >= 0.6 is 12.2 Å². The largest absolute Gasteiger partial charge is 0.417 e. The van der Waals surface area contributed by atoms with Gasteiger partial charge in [-0.25, -0.2) is 0 Å². The van der Waals surface area contributed by atoms with Crippen LogP contribution in [0.15, 0.2) is 48.5 Å². The van der Waals surface area contributed by atoms with Crippen LogP contribution in [-0.4, -0.2) is 33.2 Å². The predicted octanol–water partition coefficient (Wildman–Crippen LogP) is 4.64. The van der Waals surface area contributed by atoms with Gasteiger partial charge in [-0.1, -0.05) is 30.4 Å². The summed E-state index contributed by atoms with van der Waals surface area (Å²) in [5.74, 6) is -0.221. The molecule has 1 N–H and O–H groups in total. The van der Waals surface area contributed by atoms with Gasteiger partial charge in [0.15, 0.2) is 5.11 Å². The summed E-state index contributed by atoms with van der Waals surface area (Å²) in [6.45, 7) is -0.183. The van der Waals surface area contributed by atoms with Gasteiger partial charge in [-0.15, -0.1) is 0 Å². The second-order valence-electron chi connectivity index (χ2n) is 8.06. The molecular weight excluding hydrogens is 451 g/mol. The Kier molecular flexibility index (Phi) is 5.99. The fourth-order valence-electron chi connectivity index (χ4n) is 4.31. The smallest absolute Gasteiger partial charge is 0.392 e. The highest BCUT2D eigenvalue weighted by molar-refractivity contribution is 7.80. The van der Waals surface area contributed by atoms with Crippen LogP contribution in [-0.2, 0) is 17.5 Å². The van der Waals surface area contributed by atoms with E-state index < -0.39 is 22.8 Å². The Bertz CT molecular complexity index is 1160. The third kappa shape index (κ3) is 4.01. The summed E-state index contributed by atoms with van der Waals surface area (Å²) in [7, 11) is 0. The lowest BCUT2D eigenvalue weighted by Crippen LogP contribution is -2.55. The maximum Gasteiger partial charge on any atom is 0.417 e. The highest BCUT2D eigenvalue weighted by Gasteiger charge is 2.59. The Labute approximate surface area is 194 Å². The maximum absolute atomic E-state index is 13.4. The van der Waals surface area contributed by atoms with Gasteiger partial charge in [0.25, 0.3) is 5.91 Å². The molecule has 170 valence electrons. The van der Waals surface area contributed by atoms with Crippen molar-refractivity contribution < 1.29 is 23.1 Å². The van der Waals surface area contributed by atoms with Crippen molar-refractivity contribution in [2.24, 2.45) is 0 Å². The molecule has 1 aliphatic heterocycles. The monoisotopic (exact) mass is 471 g/mol. The van der Waals surface area contributed by atoms with Crippen LogP contribution in [0.3, 0.4) is 0 Å². The number of aliphatic hydroxyl groups is 1. The minimum absolute atomic E-state index is 0.0735. The second kappa shape index (κ2) is 8.61. The zero-order chi connectivity index (χ0) is 23.8. The summed E-state index contributed by atoms with van der Waals surface area (Å²) in [5.41, 5.74) is -0.457. The standard InChI is InChI=1S/C24H20F3N3O2S/c25-24(26,27)20-13-17(4-7-18(20)14-28)15-29-21(32)23(10-2-11-23)30(22(29)33)19-8-5-16(6-9-19)3-1-12-31/h1,3-9,13,31H,2,10-12,15H2/b3-1+. The first-order chi connectivity index (χ1) is 15.7. The quantitative estimate of drug-likeness (QED) is 0.644. The fraction of sp³-hybridized carbons (Fsp3) is 0.292. The van der Waals surface area contributed by atoms with Crippen LogP contribution in [0, 0.1) is 11.3 Å². The molecule has 1 saturated heterocycles. The van der Waals surface area contributed by atoms with Gasteiger partial charge in [0, 0.05) is 5.69 Å². The molecule has 5 nitrogen and oxygen atoms in total. The van der Waals surface area contributed by atoms with Gasteiger partial charge >= 0.3 is 6.18 Å². The van der Waals surface area contributed by atoms with Crippen LogP contribution in [0.25, 0.3) is 6.08 Å².